The van der Waals surface area contributed by atoms with Gasteiger partial charge in [-0.2, -0.15) is 0 Å². The number of anilines is 2. The zero-order valence-electron chi connectivity index (χ0n) is 16.0. The number of hydrogen-bond donors (Lipinski definition) is 1. The zero-order valence-corrected chi connectivity index (χ0v) is 16.0. The van der Waals surface area contributed by atoms with E-state index in [4.69, 9.17) is 4.42 Å². The lowest BCUT2D eigenvalue weighted by Gasteiger charge is -2.24. The Bertz CT molecular complexity index is 993. The number of benzene rings is 1. The Morgan fingerprint density at radius 2 is 1.96 bits per heavy atom. The van der Waals surface area contributed by atoms with E-state index >= 15 is 0 Å². The molecule has 4 rings (SSSR count). The summed E-state index contributed by atoms with van der Waals surface area (Å²) in [4.78, 5) is 40.6. The van der Waals surface area contributed by atoms with Crippen molar-refractivity contribution in [3.05, 3.63) is 57.6 Å². The minimum absolute atomic E-state index is 0.0189. The van der Waals surface area contributed by atoms with Crippen LogP contribution in [0, 0.1) is 6.92 Å². The van der Waals surface area contributed by atoms with Crippen molar-refractivity contribution in [3.8, 4) is 0 Å². The van der Waals surface area contributed by atoms with Gasteiger partial charge in [-0.25, -0.2) is 9.59 Å². The monoisotopic (exact) mass is 381 g/mol. The lowest BCUT2D eigenvalue weighted by Crippen LogP contribution is -2.29. The number of amides is 3. The van der Waals surface area contributed by atoms with Gasteiger partial charge >= 0.3 is 11.7 Å². The quantitative estimate of drug-likeness (QED) is 0.880. The molecule has 1 aliphatic heterocycles. The Balaban J connectivity index is 1.55. The number of urea groups is 1. The van der Waals surface area contributed by atoms with E-state index in [9.17, 15) is 14.4 Å². The molecule has 1 saturated heterocycles. The highest BCUT2D eigenvalue weighted by molar-refractivity contribution is 6.05. The van der Waals surface area contributed by atoms with Gasteiger partial charge in [-0.15, -0.1) is 0 Å². The van der Waals surface area contributed by atoms with Crippen LogP contribution in [0.1, 0.15) is 46.9 Å². The first kappa shape index (κ1) is 18.3. The number of nitrogens with zero attached hydrogens (tertiary/aromatic N) is 2. The van der Waals surface area contributed by atoms with Gasteiger partial charge in [0.05, 0.1) is 0 Å². The van der Waals surface area contributed by atoms with E-state index in [-0.39, 0.29) is 17.5 Å². The maximum Gasteiger partial charge on any atom is 0.349 e. The number of aryl methyl sites for hydroxylation is 1. The zero-order chi connectivity index (χ0) is 19.8. The molecule has 0 unspecified atom stereocenters. The number of rotatable bonds is 4. The summed E-state index contributed by atoms with van der Waals surface area (Å²) >= 11 is 0. The maximum atomic E-state index is 12.7. The van der Waals surface area contributed by atoms with Crippen LogP contribution in [-0.2, 0) is 0 Å². The van der Waals surface area contributed by atoms with Crippen LogP contribution < -0.4 is 15.8 Å². The van der Waals surface area contributed by atoms with Crippen molar-refractivity contribution in [1.82, 2.24) is 4.90 Å². The average Bonchev–Trinajstić information content (AvgIpc) is 2.92. The molecule has 28 heavy (non-hydrogen) atoms. The van der Waals surface area contributed by atoms with Gasteiger partial charge < -0.3 is 14.6 Å². The lowest BCUT2D eigenvalue weighted by atomic mass is 9.83. The molecular formula is C21H23N3O4. The molecule has 1 aromatic carbocycles. The highest BCUT2D eigenvalue weighted by Crippen LogP contribution is 2.36. The summed E-state index contributed by atoms with van der Waals surface area (Å²) in [5.41, 5.74) is 1.25. The van der Waals surface area contributed by atoms with Crippen molar-refractivity contribution in [2.75, 3.05) is 30.4 Å². The number of carbonyl (C=O) groups is 2. The molecule has 0 atom stereocenters. The van der Waals surface area contributed by atoms with Crippen LogP contribution in [-0.4, -0.2) is 37.0 Å². The first-order chi connectivity index (χ1) is 13.4. The number of hydrogen-bond acceptors (Lipinski definition) is 4. The van der Waals surface area contributed by atoms with Gasteiger partial charge in [-0.1, -0.05) is 12.5 Å². The molecule has 1 saturated carbocycles. The van der Waals surface area contributed by atoms with E-state index in [1.165, 1.54) is 0 Å². The van der Waals surface area contributed by atoms with Crippen LogP contribution in [0.3, 0.4) is 0 Å². The third-order valence-electron chi connectivity index (χ3n) is 5.53. The number of nitrogens with one attached hydrogen (secondary N) is 1. The smallest absolute Gasteiger partial charge is 0.349 e. The maximum absolute atomic E-state index is 12.7. The molecular weight excluding hydrogens is 358 g/mol. The molecule has 1 aliphatic carbocycles. The second-order valence-electron chi connectivity index (χ2n) is 7.48. The third-order valence-corrected chi connectivity index (χ3v) is 5.53. The Hall–Kier alpha value is -3.09. The lowest BCUT2D eigenvalue weighted by molar-refractivity contribution is 0.102. The highest BCUT2D eigenvalue weighted by atomic mass is 16.4. The van der Waals surface area contributed by atoms with Gasteiger partial charge in [0.25, 0.3) is 5.91 Å². The second kappa shape index (κ2) is 7.14. The SMILES string of the molecule is Cc1cc(C2CCC2)oc(=O)c1C(=O)Nc1cccc(N2CCN(C)C2=O)c1. The van der Waals surface area contributed by atoms with E-state index in [1.807, 2.05) is 6.07 Å². The van der Waals surface area contributed by atoms with E-state index in [0.717, 1.165) is 19.3 Å². The Morgan fingerprint density at radius 3 is 2.57 bits per heavy atom. The molecule has 1 aromatic heterocycles. The predicted octanol–water partition coefficient (Wildman–Crippen LogP) is 3.34. The minimum atomic E-state index is -0.605. The van der Waals surface area contributed by atoms with Gasteiger partial charge in [0.1, 0.15) is 11.3 Å². The normalized spacial score (nSPS) is 17.0. The fourth-order valence-corrected chi connectivity index (χ4v) is 3.63. The Morgan fingerprint density at radius 1 is 1.18 bits per heavy atom. The first-order valence-corrected chi connectivity index (χ1v) is 9.52. The first-order valence-electron chi connectivity index (χ1n) is 9.52. The van der Waals surface area contributed by atoms with Crippen LogP contribution in [0.25, 0.3) is 0 Å². The average molecular weight is 381 g/mol. The summed E-state index contributed by atoms with van der Waals surface area (Å²) in [6, 6.07) is 8.77. The molecule has 2 heterocycles. The van der Waals surface area contributed by atoms with Gasteiger partial charge in [0.2, 0.25) is 0 Å². The minimum Gasteiger partial charge on any atom is -0.427 e. The van der Waals surface area contributed by atoms with Gasteiger partial charge in [0, 0.05) is 37.4 Å². The molecule has 0 spiro atoms. The van der Waals surface area contributed by atoms with Crippen molar-refractivity contribution in [2.24, 2.45) is 0 Å². The molecule has 1 N–H and O–H groups in total. The third kappa shape index (κ3) is 3.28. The molecule has 2 aromatic rings. The van der Waals surface area contributed by atoms with Crippen molar-refractivity contribution < 1.29 is 14.0 Å². The van der Waals surface area contributed by atoms with Gasteiger partial charge in [0.15, 0.2) is 0 Å². The Labute approximate surface area is 162 Å². The molecule has 7 nitrogen and oxygen atoms in total. The molecule has 3 amide bonds. The molecule has 146 valence electrons. The van der Waals surface area contributed by atoms with E-state index in [1.54, 1.807) is 48.0 Å². The predicted molar refractivity (Wildman–Crippen MR) is 106 cm³/mol. The topological polar surface area (TPSA) is 82.9 Å². The fourth-order valence-electron chi connectivity index (χ4n) is 3.63. The van der Waals surface area contributed by atoms with Crippen LogP contribution in [0.4, 0.5) is 16.2 Å². The summed E-state index contributed by atoms with van der Waals surface area (Å²) in [5, 5.41) is 2.76. The van der Waals surface area contributed by atoms with Gasteiger partial charge in [-0.3, -0.25) is 9.69 Å². The summed E-state index contributed by atoms with van der Waals surface area (Å²) in [7, 11) is 1.75. The van der Waals surface area contributed by atoms with Crippen LogP contribution in [0.15, 0.2) is 39.5 Å². The molecule has 0 bridgehead atoms. The standard InChI is InChI=1S/C21H23N3O4/c1-13-11-17(14-5-3-6-14)28-20(26)18(13)19(25)22-15-7-4-8-16(12-15)24-10-9-23(2)21(24)27/h4,7-8,11-12,14H,3,5-6,9-10H2,1-2H3,(H,22,25). The second-order valence-corrected chi connectivity index (χ2v) is 7.48. The van der Waals surface area contributed by atoms with E-state index in [0.29, 0.717) is 35.8 Å². The van der Waals surface area contributed by atoms with Crippen molar-refractivity contribution in [1.29, 1.82) is 0 Å². The van der Waals surface area contributed by atoms with Crippen molar-refractivity contribution in [2.45, 2.75) is 32.1 Å². The van der Waals surface area contributed by atoms with Crippen LogP contribution >= 0.6 is 0 Å². The van der Waals surface area contributed by atoms with Crippen molar-refractivity contribution >= 4 is 23.3 Å². The molecule has 0 radical (unpaired) electrons. The highest BCUT2D eigenvalue weighted by Gasteiger charge is 2.27. The number of carbonyl (C=O) groups excluding carboxylic acids is 2. The largest absolute Gasteiger partial charge is 0.427 e. The van der Waals surface area contributed by atoms with Crippen molar-refractivity contribution in [3.63, 3.8) is 0 Å². The fraction of sp³-hybridized carbons (Fsp3) is 0.381. The van der Waals surface area contributed by atoms with E-state index in [2.05, 4.69) is 5.32 Å². The number of likely N-dealkylation sites (N-methyl/N-ethyl adjacent to an activating group) is 1. The molecule has 2 fully saturated rings. The summed E-state index contributed by atoms with van der Waals surface area (Å²) < 4.78 is 5.41. The summed E-state index contributed by atoms with van der Waals surface area (Å²) in [6.07, 6.45) is 3.18. The summed E-state index contributed by atoms with van der Waals surface area (Å²) in [6.45, 7) is 3.00. The summed E-state index contributed by atoms with van der Waals surface area (Å²) in [5.74, 6) is 0.453. The molecule has 7 heteroatoms. The van der Waals surface area contributed by atoms with Crippen LogP contribution in [0.2, 0.25) is 0 Å². The molecule has 2 aliphatic rings. The van der Waals surface area contributed by atoms with Crippen LogP contribution in [0.5, 0.6) is 0 Å². The van der Waals surface area contributed by atoms with Gasteiger partial charge in [-0.05, 0) is 49.6 Å². The van der Waals surface area contributed by atoms with E-state index < -0.39 is 11.5 Å². The Kier molecular flexibility index (Phi) is 4.66.